The zero-order valence-electron chi connectivity index (χ0n) is 13.9. The minimum atomic E-state index is 0.286. The van der Waals surface area contributed by atoms with Crippen molar-refractivity contribution in [3.8, 4) is 0 Å². The van der Waals surface area contributed by atoms with E-state index in [0.29, 0.717) is 12.0 Å². The van der Waals surface area contributed by atoms with Gasteiger partial charge in [0, 0.05) is 19.1 Å². The lowest BCUT2D eigenvalue weighted by atomic mass is 9.96. The maximum absolute atomic E-state index is 5.99. The summed E-state index contributed by atoms with van der Waals surface area (Å²) in [5.74, 6) is 0.596. The smallest absolute Gasteiger partial charge is 0.0858 e. The highest BCUT2D eigenvalue weighted by Gasteiger charge is 2.26. The third-order valence-electron chi connectivity index (χ3n) is 4.55. The van der Waals surface area contributed by atoms with E-state index >= 15 is 0 Å². The maximum atomic E-state index is 5.99. The van der Waals surface area contributed by atoms with Gasteiger partial charge in [-0.3, -0.25) is 4.90 Å². The van der Waals surface area contributed by atoms with E-state index in [4.69, 9.17) is 4.74 Å². The van der Waals surface area contributed by atoms with Crippen LogP contribution < -0.4 is 5.32 Å². The van der Waals surface area contributed by atoms with Gasteiger partial charge in [-0.05, 0) is 37.1 Å². The predicted molar refractivity (Wildman–Crippen MR) is 88.9 cm³/mol. The van der Waals surface area contributed by atoms with Crippen LogP contribution in [0.4, 0.5) is 0 Å². The van der Waals surface area contributed by atoms with Crippen LogP contribution in [-0.4, -0.2) is 50.3 Å². The van der Waals surface area contributed by atoms with E-state index in [0.717, 1.165) is 32.7 Å². The Balaban J connectivity index is 1.98. The fourth-order valence-corrected chi connectivity index (χ4v) is 2.97. The largest absolute Gasteiger partial charge is 0.374 e. The molecule has 1 aliphatic heterocycles. The van der Waals surface area contributed by atoms with Crippen molar-refractivity contribution in [3.63, 3.8) is 0 Å². The average molecular weight is 290 g/mol. The van der Waals surface area contributed by atoms with Crippen LogP contribution in [0, 0.1) is 0 Å². The molecule has 2 atom stereocenters. The number of morpholine rings is 1. The fraction of sp³-hybridized carbons (Fsp3) is 0.667. The summed E-state index contributed by atoms with van der Waals surface area (Å²) in [6, 6.07) is 9.42. The first-order chi connectivity index (χ1) is 10.1. The molecule has 118 valence electrons. The fourth-order valence-electron chi connectivity index (χ4n) is 2.97. The zero-order valence-corrected chi connectivity index (χ0v) is 13.9. The molecule has 1 heterocycles. The van der Waals surface area contributed by atoms with Crippen LogP contribution in [0.3, 0.4) is 0 Å². The molecule has 0 saturated carbocycles. The van der Waals surface area contributed by atoms with Gasteiger partial charge in [0.05, 0.1) is 12.7 Å². The Morgan fingerprint density at radius 3 is 2.57 bits per heavy atom. The van der Waals surface area contributed by atoms with Gasteiger partial charge in [0.1, 0.15) is 0 Å². The second kappa shape index (κ2) is 7.92. The van der Waals surface area contributed by atoms with E-state index in [2.05, 4.69) is 55.3 Å². The number of rotatable bonds is 6. The van der Waals surface area contributed by atoms with E-state index in [1.54, 1.807) is 0 Å². The number of nitrogens with zero attached hydrogens (tertiary/aromatic N) is 1. The van der Waals surface area contributed by atoms with Gasteiger partial charge in [-0.25, -0.2) is 0 Å². The molecule has 21 heavy (non-hydrogen) atoms. The molecule has 3 nitrogen and oxygen atoms in total. The Labute approximate surface area is 129 Å². The normalized spacial score (nSPS) is 21.7. The highest BCUT2D eigenvalue weighted by molar-refractivity contribution is 5.25. The van der Waals surface area contributed by atoms with Gasteiger partial charge in [-0.1, -0.05) is 45.0 Å². The lowest BCUT2D eigenvalue weighted by molar-refractivity contribution is -0.0436. The Morgan fingerprint density at radius 1 is 1.29 bits per heavy atom. The molecule has 0 bridgehead atoms. The monoisotopic (exact) mass is 290 g/mol. The van der Waals surface area contributed by atoms with Crippen molar-refractivity contribution in [1.82, 2.24) is 10.2 Å². The van der Waals surface area contributed by atoms with Crippen LogP contribution in [0.1, 0.15) is 37.8 Å². The van der Waals surface area contributed by atoms with Crippen LogP contribution in [0.5, 0.6) is 0 Å². The summed E-state index contributed by atoms with van der Waals surface area (Å²) in [6.07, 6.45) is 1.31. The summed E-state index contributed by atoms with van der Waals surface area (Å²) >= 11 is 0. The summed E-state index contributed by atoms with van der Waals surface area (Å²) in [6.45, 7) is 10.8. The van der Waals surface area contributed by atoms with Crippen LogP contribution >= 0.6 is 0 Å². The van der Waals surface area contributed by atoms with Gasteiger partial charge < -0.3 is 10.1 Å². The topological polar surface area (TPSA) is 24.5 Å². The SMILES string of the molecule is CCN1CCOC(C(Cc2ccc(C(C)C)cc2)NC)C1. The maximum Gasteiger partial charge on any atom is 0.0858 e. The van der Waals surface area contributed by atoms with Gasteiger partial charge in [-0.2, -0.15) is 0 Å². The third-order valence-corrected chi connectivity index (χ3v) is 4.55. The standard InChI is InChI=1S/C18H30N2O/c1-5-20-10-11-21-18(13-20)17(19-4)12-15-6-8-16(9-7-15)14(2)3/h6-9,14,17-19H,5,10-13H2,1-4H3. The molecule has 1 aliphatic rings. The van der Waals surface area contributed by atoms with E-state index in [1.165, 1.54) is 11.1 Å². The quantitative estimate of drug-likeness (QED) is 0.872. The number of likely N-dealkylation sites (N-methyl/N-ethyl adjacent to an activating group) is 2. The van der Waals surface area contributed by atoms with Crippen LogP contribution in [-0.2, 0) is 11.2 Å². The minimum absolute atomic E-state index is 0.286. The Hall–Kier alpha value is -0.900. The van der Waals surface area contributed by atoms with Crippen LogP contribution in [0.15, 0.2) is 24.3 Å². The van der Waals surface area contributed by atoms with Crippen molar-refractivity contribution in [2.24, 2.45) is 0 Å². The number of nitrogens with one attached hydrogen (secondary N) is 1. The summed E-state index contributed by atoms with van der Waals surface area (Å²) in [5.41, 5.74) is 2.79. The summed E-state index contributed by atoms with van der Waals surface area (Å²) < 4.78 is 5.99. The molecule has 3 heteroatoms. The Morgan fingerprint density at radius 2 is 2.00 bits per heavy atom. The van der Waals surface area contributed by atoms with Crippen LogP contribution in [0.2, 0.25) is 0 Å². The van der Waals surface area contributed by atoms with Gasteiger partial charge in [-0.15, -0.1) is 0 Å². The van der Waals surface area contributed by atoms with E-state index in [-0.39, 0.29) is 6.10 Å². The molecule has 1 N–H and O–H groups in total. The Kier molecular flexibility index (Phi) is 6.22. The molecular weight excluding hydrogens is 260 g/mol. The second-order valence-electron chi connectivity index (χ2n) is 6.30. The number of hydrogen-bond acceptors (Lipinski definition) is 3. The molecular formula is C18H30N2O. The predicted octanol–water partition coefficient (Wildman–Crippen LogP) is 2.66. The molecule has 0 radical (unpaired) electrons. The molecule has 0 aliphatic carbocycles. The molecule has 2 rings (SSSR count). The first-order valence-electron chi connectivity index (χ1n) is 8.24. The van der Waals surface area contributed by atoms with E-state index < -0.39 is 0 Å². The summed E-state index contributed by atoms with van der Waals surface area (Å²) in [4.78, 5) is 2.47. The third kappa shape index (κ3) is 4.53. The molecule has 0 spiro atoms. The van der Waals surface area contributed by atoms with Gasteiger partial charge >= 0.3 is 0 Å². The molecule has 1 saturated heterocycles. The first-order valence-corrected chi connectivity index (χ1v) is 8.24. The zero-order chi connectivity index (χ0) is 15.2. The van der Waals surface area contributed by atoms with Gasteiger partial charge in [0.25, 0.3) is 0 Å². The van der Waals surface area contributed by atoms with Crippen molar-refractivity contribution < 1.29 is 4.74 Å². The number of ether oxygens (including phenoxy) is 1. The van der Waals surface area contributed by atoms with Gasteiger partial charge in [0.15, 0.2) is 0 Å². The van der Waals surface area contributed by atoms with E-state index in [9.17, 15) is 0 Å². The highest BCUT2D eigenvalue weighted by Crippen LogP contribution is 2.17. The highest BCUT2D eigenvalue weighted by atomic mass is 16.5. The first kappa shape index (κ1) is 16.5. The average Bonchev–Trinajstić information content (AvgIpc) is 2.53. The number of benzene rings is 1. The molecule has 1 aromatic rings. The molecule has 0 aromatic heterocycles. The number of hydrogen-bond donors (Lipinski definition) is 1. The van der Waals surface area contributed by atoms with Crippen molar-refractivity contribution in [3.05, 3.63) is 35.4 Å². The van der Waals surface area contributed by atoms with Crippen molar-refractivity contribution >= 4 is 0 Å². The lowest BCUT2D eigenvalue weighted by Crippen LogP contribution is -2.52. The summed E-state index contributed by atoms with van der Waals surface area (Å²) in [7, 11) is 2.04. The van der Waals surface area contributed by atoms with Gasteiger partial charge in [0.2, 0.25) is 0 Å². The second-order valence-corrected chi connectivity index (χ2v) is 6.30. The Bertz CT molecular complexity index is 416. The van der Waals surface area contributed by atoms with Crippen molar-refractivity contribution in [2.75, 3.05) is 33.3 Å². The molecule has 1 aromatic carbocycles. The minimum Gasteiger partial charge on any atom is -0.374 e. The van der Waals surface area contributed by atoms with Crippen molar-refractivity contribution in [1.29, 1.82) is 0 Å². The lowest BCUT2D eigenvalue weighted by Gasteiger charge is -2.36. The molecule has 2 unspecified atom stereocenters. The molecule has 0 amide bonds. The molecule has 1 fully saturated rings. The summed E-state index contributed by atoms with van der Waals surface area (Å²) in [5, 5.41) is 3.45. The van der Waals surface area contributed by atoms with Crippen LogP contribution in [0.25, 0.3) is 0 Å². The van der Waals surface area contributed by atoms with Crippen molar-refractivity contribution in [2.45, 2.75) is 45.3 Å². The van der Waals surface area contributed by atoms with E-state index in [1.807, 2.05) is 7.05 Å².